The second-order valence-electron chi connectivity index (χ2n) is 4.40. The van der Waals surface area contributed by atoms with Crippen LogP contribution in [-0.4, -0.2) is 20.6 Å². The molecule has 0 aliphatic heterocycles. The second-order valence-corrected chi connectivity index (χ2v) is 5.69. The number of aromatic amines is 1. The normalized spacial score (nSPS) is 11.0. The summed E-state index contributed by atoms with van der Waals surface area (Å²) in [5, 5.41) is 9.54. The van der Waals surface area contributed by atoms with Crippen molar-refractivity contribution in [3.8, 4) is 5.69 Å². The topological polar surface area (TPSA) is 75.1 Å². The number of fused-ring (bicyclic) bond motifs is 1. The van der Waals surface area contributed by atoms with E-state index in [1.165, 1.54) is 16.7 Å². The molecule has 3 rings (SSSR count). The highest BCUT2D eigenvalue weighted by Gasteiger charge is 2.13. The van der Waals surface area contributed by atoms with Crippen LogP contribution in [-0.2, 0) is 0 Å². The minimum atomic E-state index is -1.04. The van der Waals surface area contributed by atoms with E-state index in [-0.39, 0.29) is 11.3 Å². The van der Waals surface area contributed by atoms with Gasteiger partial charge in [0.2, 0.25) is 0 Å². The highest BCUT2D eigenvalue weighted by Crippen LogP contribution is 2.26. The van der Waals surface area contributed by atoms with E-state index >= 15 is 0 Å². The van der Waals surface area contributed by atoms with E-state index in [9.17, 15) is 9.59 Å². The summed E-state index contributed by atoms with van der Waals surface area (Å²) >= 11 is 9.28. The van der Waals surface area contributed by atoms with E-state index < -0.39 is 5.97 Å². The molecule has 7 heteroatoms. The fourth-order valence-electron chi connectivity index (χ4n) is 2.15. The minimum absolute atomic E-state index is 0.117. The van der Waals surface area contributed by atoms with Crippen LogP contribution >= 0.6 is 27.5 Å². The fraction of sp³-hybridized carbons (Fsp3) is 0. The van der Waals surface area contributed by atoms with Crippen LogP contribution < -0.4 is 5.69 Å². The molecule has 3 aromatic rings. The molecule has 5 nitrogen and oxygen atoms in total. The van der Waals surface area contributed by atoms with Gasteiger partial charge in [-0.25, -0.2) is 9.59 Å². The number of carboxylic acids is 1. The summed E-state index contributed by atoms with van der Waals surface area (Å²) in [6.45, 7) is 0. The Morgan fingerprint density at radius 3 is 2.67 bits per heavy atom. The summed E-state index contributed by atoms with van der Waals surface area (Å²) in [5.74, 6) is -1.04. The minimum Gasteiger partial charge on any atom is -0.478 e. The molecular weight excluding hydrogens is 360 g/mol. The van der Waals surface area contributed by atoms with Gasteiger partial charge in [0.25, 0.3) is 0 Å². The molecule has 0 radical (unpaired) electrons. The standard InChI is InChI=1S/C14H8BrClN2O3/c15-9-6-8(16)2-4-11(9)18-12-3-1-7(13(19)20)5-10(12)17-14(18)21/h1-6H,(H,17,21)(H,19,20). The van der Waals surface area contributed by atoms with Gasteiger partial charge < -0.3 is 10.1 Å². The molecule has 0 amide bonds. The van der Waals surface area contributed by atoms with E-state index in [0.29, 0.717) is 26.2 Å². The lowest BCUT2D eigenvalue weighted by Gasteiger charge is -2.06. The summed E-state index contributed by atoms with van der Waals surface area (Å²) in [6, 6.07) is 9.56. The summed E-state index contributed by atoms with van der Waals surface area (Å²) in [6.07, 6.45) is 0. The van der Waals surface area contributed by atoms with Crippen LogP contribution in [0.25, 0.3) is 16.7 Å². The lowest BCUT2D eigenvalue weighted by molar-refractivity contribution is 0.0697. The van der Waals surface area contributed by atoms with Crippen LogP contribution in [0.4, 0.5) is 0 Å². The molecule has 0 spiro atoms. The zero-order valence-corrected chi connectivity index (χ0v) is 12.8. The highest BCUT2D eigenvalue weighted by atomic mass is 79.9. The van der Waals surface area contributed by atoms with Crippen molar-refractivity contribution in [3.05, 3.63) is 61.9 Å². The van der Waals surface area contributed by atoms with Crippen LogP contribution in [0, 0.1) is 0 Å². The Morgan fingerprint density at radius 1 is 1.24 bits per heavy atom. The zero-order valence-electron chi connectivity index (χ0n) is 10.4. The first kappa shape index (κ1) is 13.9. The summed E-state index contributed by atoms with van der Waals surface area (Å²) in [4.78, 5) is 25.8. The van der Waals surface area contributed by atoms with Gasteiger partial charge in [0.1, 0.15) is 0 Å². The maximum atomic E-state index is 12.2. The Morgan fingerprint density at radius 2 is 2.00 bits per heavy atom. The Bertz CT molecular complexity index is 930. The van der Waals surface area contributed by atoms with Gasteiger partial charge in [-0.2, -0.15) is 0 Å². The van der Waals surface area contributed by atoms with Gasteiger partial charge in [-0.1, -0.05) is 11.6 Å². The van der Waals surface area contributed by atoms with E-state index in [1.807, 2.05) is 0 Å². The molecule has 2 N–H and O–H groups in total. The predicted octanol–water partition coefficient (Wildman–Crippen LogP) is 3.43. The average Bonchev–Trinajstić information content (AvgIpc) is 2.74. The molecule has 0 fully saturated rings. The number of aromatic nitrogens is 2. The van der Waals surface area contributed by atoms with E-state index in [4.69, 9.17) is 16.7 Å². The Kier molecular flexibility index (Phi) is 3.35. The summed E-state index contributed by atoms with van der Waals surface area (Å²) in [7, 11) is 0. The van der Waals surface area contributed by atoms with Gasteiger partial charge in [-0.05, 0) is 52.3 Å². The molecule has 0 unspecified atom stereocenters. The van der Waals surface area contributed by atoms with E-state index in [1.54, 1.807) is 24.3 Å². The van der Waals surface area contributed by atoms with Crippen molar-refractivity contribution in [2.75, 3.05) is 0 Å². The molecule has 1 aromatic heterocycles. The third-order valence-corrected chi connectivity index (χ3v) is 3.95. The second kappa shape index (κ2) is 5.05. The molecule has 0 aliphatic carbocycles. The predicted molar refractivity (Wildman–Crippen MR) is 83.6 cm³/mol. The largest absolute Gasteiger partial charge is 0.478 e. The number of rotatable bonds is 2. The molecule has 106 valence electrons. The first-order valence-corrected chi connectivity index (χ1v) is 7.08. The van der Waals surface area contributed by atoms with Gasteiger partial charge >= 0.3 is 11.7 Å². The van der Waals surface area contributed by atoms with Gasteiger partial charge in [-0.15, -0.1) is 0 Å². The van der Waals surface area contributed by atoms with Gasteiger partial charge in [-0.3, -0.25) is 4.57 Å². The SMILES string of the molecule is O=C(O)c1ccc2c(c1)[nH]c(=O)n2-c1ccc(Cl)cc1Br. The number of aromatic carboxylic acids is 1. The number of hydrogen-bond donors (Lipinski definition) is 2. The molecule has 1 heterocycles. The van der Waals surface area contributed by atoms with Crippen molar-refractivity contribution in [2.45, 2.75) is 0 Å². The first-order chi connectivity index (χ1) is 9.97. The van der Waals surface area contributed by atoms with Crippen molar-refractivity contribution in [3.63, 3.8) is 0 Å². The van der Waals surface area contributed by atoms with Crippen molar-refractivity contribution in [1.82, 2.24) is 9.55 Å². The van der Waals surface area contributed by atoms with Crippen LogP contribution in [0.15, 0.2) is 45.7 Å². The number of nitrogens with one attached hydrogen (secondary N) is 1. The fourth-order valence-corrected chi connectivity index (χ4v) is 3.01. The highest BCUT2D eigenvalue weighted by molar-refractivity contribution is 9.10. The zero-order chi connectivity index (χ0) is 15.1. The molecule has 0 saturated carbocycles. The molecule has 0 saturated heterocycles. The van der Waals surface area contributed by atoms with Crippen LogP contribution in [0.5, 0.6) is 0 Å². The summed E-state index contributed by atoms with van der Waals surface area (Å²) < 4.78 is 2.13. The average molecular weight is 368 g/mol. The smallest absolute Gasteiger partial charge is 0.335 e. The van der Waals surface area contributed by atoms with Gasteiger partial charge in [0.05, 0.1) is 22.3 Å². The maximum Gasteiger partial charge on any atom is 0.335 e. The monoisotopic (exact) mass is 366 g/mol. The quantitative estimate of drug-likeness (QED) is 0.728. The third-order valence-electron chi connectivity index (χ3n) is 3.08. The Balaban J connectivity index is 2.30. The van der Waals surface area contributed by atoms with Crippen LogP contribution in [0.3, 0.4) is 0 Å². The van der Waals surface area contributed by atoms with Gasteiger partial charge in [0, 0.05) is 9.50 Å². The van der Waals surface area contributed by atoms with Crippen LogP contribution in [0.1, 0.15) is 10.4 Å². The number of hydrogen-bond acceptors (Lipinski definition) is 2. The summed E-state index contributed by atoms with van der Waals surface area (Å²) in [5.41, 5.74) is 1.44. The number of H-pyrrole nitrogens is 1. The molecule has 0 aliphatic rings. The Hall–Kier alpha value is -2.05. The number of carboxylic acid groups (broad SMARTS) is 1. The molecule has 21 heavy (non-hydrogen) atoms. The molecule has 0 atom stereocenters. The maximum absolute atomic E-state index is 12.2. The molecule has 2 aromatic carbocycles. The van der Waals surface area contributed by atoms with Crippen LogP contribution in [0.2, 0.25) is 5.02 Å². The lowest BCUT2D eigenvalue weighted by atomic mass is 10.2. The first-order valence-electron chi connectivity index (χ1n) is 5.91. The van der Waals surface area contributed by atoms with Crippen molar-refractivity contribution in [2.24, 2.45) is 0 Å². The van der Waals surface area contributed by atoms with Crippen molar-refractivity contribution < 1.29 is 9.90 Å². The number of halogens is 2. The molecule has 0 bridgehead atoms. The number of nitrogens with zero attached hydrogens (tertiary/aromatic N) is 1. The van der Waals surface area contributed by atoms with Gasteiger partial charge in [0.15, 0.2) is 0 Å². The van der Waals surface area contributed by atoms with E-state index in [2.05, 4.69) is 20.9 Å². The third kappa shape index (κ3) is 2.36. The number of carbonyl (C=O) groups is 1. The Labute approximate surface area is 131 Å². The van der Waals surface area contributed by atoms with E-state index in [0.717, 1.165) is 0 Å². The van der Waals surface area contributed by atoms with Crippen molar-refractivity contribution in [1.29, 1.82) is 0 Å². The number of imidazole rings is 1. The number of benzene rings is 2. The molecular formula is C14H8BrClN2O3. The van der Waals surface area contributed by atoms with Crippen molar-refractivity contribution >= 4 is 44.5 Å². The lowest BCUT2D eigenvalue weighted by Crippen LogP contribution is -2.14.